The van der Waals surface area contributed by atoms with Crippen molar-refractivity contribution >= 4 is 17.6 Å². The van der Waals surface area contributed by atoms with Gasteiger partial charge in [0, 0.05) is 31.7 Å². The molecule has 3 heterocycles. The standard InChI is InChI=1S/C21H26N4O2/c1-15-8-9-18(23-12-15)24-19(26)16-6-5-11-25(14-16)20(27)21(2,3)17-7-4-10-22-13-17/h4,7-10,12-13,16H,5-6,11,14H2,1-3H3,(H,23,24,26)/t16-/m0/s1. The topological polar surface area (TPSA) is 75.2 Å². The average molecular weight is 366 g/mol. The van der Waals surface area contributed by atoms with Gasteiger partial charge in [-0.25, -0.2) is 4.98 Å². The number of carbonyl (C=O) groups excluding carboxylic acids is 2. The molecule has 0 bridgehead atoms. The molecule has 0 saturated carbocycles. The Morgan fingerprint density at radius 1 is 1.22 bits per heavy atom. The maximum absolute atomic E-state index is 13.1. The quantitative estimate of drug-likeness (QED) is 0.903. The Morgan fingerprint density at radius 2 is 2.04 bits per heavy atom. The molecule has 0 radical (unpaired) electrons. The van der Waals surface area contributed by atoms with E-state index in [1.54, 1.807) is 24.7 Å². The van der Waals surface area contributed by atoms with Gasteiger partial charge in [0.05, 0.1) is 11.3 Å². The minimum absolute atomic E-state index is 0.0291. The summed E-state index contributed by atoms with van der Waals surface area (Å²) >= 11 is 0. The van der Waals surface area contributed by atoms with Gasteiger partial charge in [-0.2, -0.15) is 0 Å². The molecular weight excluding hydrogens is 340 g/mol. The number of carbonyl (C=O) groups is 2. The molecule has 3 rings (SSSR count). The van der Waals surface area contributed by atoms with Crippen LogP contribution in [0.3, 0.4) is 0 Å². The maximum Gasteiger partial charge on any atom is 0.232 e. The normalized spacial score (nSPS) is 17.4. The van der Waals surface area contributed by atoms with E-state index < -0.39 is 5.41 Å². The van der Waals surface area contributed by atoms with E-state index in [-0.39, 0.29) is 17.7 Å². The van der Waals surface area contributed by atoms with Crippen LogP contribution in [0.1, 0.15) is 37.8 Å². The number of aryl methyl sites for hydroxylation is 1. The van der Waals surface area contributed by atoms with Crippen LogP contribution in [0.25, 0.3) is 0 Å². The van der Waals surface area contributed by atoms with Gasteiger partial charge in [-0.3, -0.25) is 14.6 Å². The van der Waals surface area contributed by atoms with Crippen LogP contribution in [0.15, 0.2) is 42.9 Å². The SMILES string of the molecule is Cc1ccc(NC(=O)[C@H]2CCCN(C(=O)C(C)(C)c3cccnc3)C2)nc1. The highest BCUT2D eigenvalue weighted by atomic mass is 16.2. The molecule has 1 atom stereocenters. The van der Waals surface area contributed by atoms with Crippen LogP contribution in [0.4, 0.5) is 5.82 Å². The largest absolute Gasteiger partial charge is 0.341 e. The zero-order chi connectivity index (χ0) is 19.4. The van der Waals surface area contributed by atoms with Gasteiger partial charge >= 0.3 is 0 Å². The molecule has 1 N–H and O–H groups in total. The van der Waals surface area contributed by atoms with Crippen LogP contribution in [0.5, 0.6) is 0 Å². The summed E-state index contributed by atoms with van der Waals surface area (Å²) in [7, 11) is 0. The van der Waals surface area contributed by atoms with E-state index in [1.807, 2.05) is 43.9 Å². The predicted octanol–water partition coefficient (Wildman–Crippen LogP) is 2.94. The smallest absolute Gasteiger partial charge is 0.232 e. The fourth-order valence-corrected chi connectivity index (χ4v) is 3.40. The predicted molar refractivity (Wildman–Crippen MR) is 104 cm³/mol. The van der Waals surface area contributed by atoms with Gasteiger partial charge in [0.15, 0.2) is 0 Å². The molecular formula is C21H26N4O2. The van der Waals surface area contributed by atoms with Crippen LogP contribution in [0.2, 0.25) is 0 Å². The summed E-state index contributed by atoms with van der Waals surface area (Å²) < 4.78 is 0. The molecule has 142 valence electrons. The third-order valence-electron chi connectivity index (χ3n) is 5.16. The first-order valence-electron chi connectivity index (χ1n) is 9.31. The monoisotopic (exact) mass is 366 g/mol. The van der Waals surface area contributed by atoms with Gasteiger partial charge in [0.25, 0.3) is 0 Å². The molecule has 1 aliphatic heterocycles. The highest BCUT2D eigenvalue weighted by Crippen LogP contribution is 2.28. The van der Waals surface area contributed by atoms with Crippen molar-refractivity contribution in [2.24, 2.45) is 5.92 Å². The second kappa shape index (κ2) is 7.86. The van der Waals surface area contributed by atoms with Crippen LogP contribution < -0.4 is 5.32 Å². The maximum atomic E-state index is 13.1. The summed E-state index contributed by atoms with van der Waals surface area (Å²) in [6.07, 6.45) is 6.74. The van der Waals surface area contributed by atoms with Gasteiger partial charge in [-0.15, -0.1) is 0 Å². The summed E-state index contributed by atoms with van der Waals surface area (Å²) in [4.78, 5) is 35.9. The molecule has 0 aromatic carbocycles. The highest BCUT2D eigenvalue weighted by molar-refractivity contribution is 5.93. The Labute approximate surface area is 160 Å². The van der Waals surface area contributed by atoms with Gasteiger partial charge in [0.2, 0.25) is 11.8 Å². The molecule has 6 nitrogen and oxygen atoms in total. The molecule has 0 spiro atoms. The number of rotatable bonds is 4. The zero-order valence-electron chi connectivity index (χ0n) is 16.1. The van der Waals surface area contributed by atoms with Crippen LogP contribution in [-0.2, 0) is 15.0 Å². The molecule has 2 amide bonds. The van der Waals surface area contributed by atoms with Crippen LogP contribution in [0, 0.1) is 12.8 Å². The van der Waals surface area contributed by atoms with Gasteiger partial charge in [0.1, 0.15) is 5.82 Å². The number of likely N-dealkylation sites (tertiary alicyclic amines) is 1. The van der Waals surface area contributed by atoms with E-state index in [9.17, 15) is 9.59 Å². The van der Waals surface area contributed by atoms with Crippen molar-refractivity contribution in [3.05, 3.63) is 54.0 Å². The molecule has 1 saturated heterocycles. The van der Waals surface area contributed by atoms with Crippen molar-refractivity contribution in [1.29, 1.82) is 0 Å². The molecule has 1 aliphatic rings. The lowest BCUT2D eigenvalue weighted by Crippen LogP contribution is -2.49. The number of piperidine rings is 1. The number of pyridine rings is 2. The van der Waals surface area contributed by atoms with Gasteiger partial charge < -0.3 is 10.2 Å². The van der Waals surface area contributed by atoms with E-state index in [0.717, 1.165) is 24.0 Å². The molecule has 0 aliphatic carbocycles. The lowest BCUT2D eigenvalue weighted by molar-refractivity contribution is -0.139. The number of anilines is 1. The van der Waals surface area contributed by atoms with Crippen molar-refractivity contribution in [2.75, 3.05) is 18.4 Å². The van der Waals surface area contributed by atoms with E-state index in [4.69, 9.17) is 0 Å². The summed E-state index contributed by atoms with van der Waals surface area (Å²) in [5.41, 5.74) is 1.25. The lowest BCUT2D eigenvalue weighted by atomic mass is 9.83. The summed E-state index contributed by atoms with van der Waals surface area (Å²) in [6.45, 7) is 6.88. The van der Waals surface area contributed by atoms with Crippen molar-refractivity contribution < 1.29 is 9.59 Å². The number of nitrogens with zero attached hydrogens (tertiary/aromatic N) is 3. The Hall–Kier alpha value is -2.76. The molecule has 1 fully saturated rings. The zero-order valence-corrected chi connectivity index (χ0v) is 16.1. The first kappa shape index (κ1) is 19.0. The average Bonchev–Trinajstić information content (AvgIpc) is 2.70. The molecule has 27 heavy (non-hydrogen) atoms. The molecule has 6 heteroatoms. The van der Waals surface area contributed by atoms with E-state index in [1.165, 1.54) is 0 Å². The Bertz CT molecular complexity index is 803. The summed E-state index contributed by atoms with van der Waals surface area (Å²) in [5, 5.41) is 2.87. The number of amides is 2. The minimum atomic E-state index is -0.675. The van der Waals surface area contributed by atoms with E-state index >= 15 is 0 Å². The van der Waals surface area contributed by atoms with Gasteiger partial charge in [-0.1, -0.05) is 12.1 Å². The van der Waals surface area contributed by atoms with Crippen molar-refractivity contribution in [1.82, 2.24) is 14.9 Å². The molecule has 2 aromatic heterocycles. The molecule has 0 unspecified atom stereocenters. The van der Waals surface area contributed by atoms with E-state index in [0.29, 0.717) is 18.9 Å². The van der Waals surface area contributed by atoms with Gasteiger partial charge in [-0.05, 0) is 56.9 Å². The summed E-state index contributed by atoms with van der Waals surface area (Å²) in [6, 6.07) is 7.47. The van der Waals surface area contributed by atoms with Crippen LogP contribution >= 0.6 is 0 Å². The minimum Gasteiger partial charge on any atom is -0.341 e. The first-order chi connectivity index (χ1) is 12.9. The fourth-order valence-electron chi connectivity index (χ4n) is 3.40. The van der Waals surface area contributed by atoms with Crippen molar-refractivity contribution in [3.8, 4) is 0 Å². The third-order valence-corrected chi connectivity index (χ3v) is 5.16. The number of hydrogen-bond acceptors (Lipinski definition) is 4. The fraction of sp³-hybridized carbons (Fsp3) is 0.429. The third kappa shape index (κ3) is 4.32. The first-order valence-corrected chi connectivity index (χ1v) is 9.31. The lowest BCUT2D eigenvalue weighted by Gasteiger charge is -2.37. The number of hydrogen-bond donors (Lipinski definition) is 1. The highest BCUT2D eigenvalue weighted by Gasteiger charge is 2.37. The second-order valence-corrected chi connectivity index (χ2v) is 7.67. The Morgan fingerprint density at radius 3 is 2.70 bits per heavy atom. The summed E-state index contributed by atoms with van der Waals surface area (Å²) in [5.74, 6) is 0.268. The Balaban J connectivity index is 1.67. The van der Waals surface area contributed by atoms with Crippen molar-refractivity contribution in [2.45, 2.75) is 39.0 Å². The molecule has 2 aromatic rings. The van der Waals surface area contributed by atoms with Crippen molar-refractivity contribution in [3.63, 3.8) is 0 Å². The second-order valence-electron chi connectivity index (χ2n) is 7.67. The number of aromatic nitrogens is 2. The van der Waals surface area contributed by atoms with E-state index in [2.05, 4.69) is 15.3 Å². The van der Waals surface area contributed by atoms with Crippen LogP contribution in [-0.4, -0.2) is 39.8 Å². The Kier molecular flexibility index (Phi) is 5.54. The number of nitrogens with one attached hydrogen (secondary N) is 1.